The van der Waals surface area contributed by atoms with Gasteiger partial charge >= 0.3 is 6.03 Å². The maximum Gasteiger partial charge on any atom is 0.327 e. The molecule has 0 spiro atoms. The fraction of sp³-hybridized carbons (Fsp3) is 0.438. The molecule has 1 saturated heterocycles. The quantitative estimate of drug-likeness (QED) is 0.824. The van der Waals surface area contributed by atoms with Gasteiger partial charge in [0, 0.05) is 12.6 Å². The van der Waals surface area contributed by atoms with Crippen molar-refractivity contribution in [1.82, 2.24) is 15.1 Å². The number of rotatable bonds is 5. The number of ether oxygens (including phenoxy) is 1. The fourth-order valence-corrected chi connectivity index (χ4v) is 2.53. The molecule has 1 aliphatic rings. The second kappa shape index (κ2) is 6.68. The number of nitrogens with one attached hydrogen (secondary N) is 1. The summed E-state index contributed by atoms with van der Waals surface area (Å²) in [6, 6.07) is 4.95. The van der Waals surface area contributed by atoms with Gasteiger partial charge < -0.3 is 15.0 Å². The van der Waals surface area contributed by atoms with Gasteiger partial charge in [0.2, 0.25) is 5.91 Å². The Hall–Kier alpha value is -2.57. The van der Waals surface area contributed by atoms with Crippen molar-refractivity contribution >= 4 is 17.8 Å². The lowest BCUT2D eigenvalue weighted by atomic mass is 10.0. The predicted molar refractivity (Wildman–Crippen MR) is 84.0 cm³/mol. The minimum atomic E-state index is -0.453. The highest BCUT2D eigenvalue weighted by Gasteiger charge is 2.35. The molecular formula is C16H21N3O4. The molecule has 0 radical (unpaired) electrons. The van der Waals surface area contributed by atoms with Gasteiger partial charge in [-0.2, -0.15) is 0 Å². The Balaban J connectivity index is 2.04. The number of nitrogens with zero attached hydrogens (tertiary/aromatic N) is 2. The van der Waals surface area contributed by atoms with E-state index in [0.717, 1.165) is 16.0 Å². The Labute approximate surface area is 135 Å². The van der Waals surface area contributed by atoms with E-state index in [1.54, 1.807) is 7.11 Å². The first-order valence-corrected chi connectivity index (χ1v) is 7.33. The number of benzene rings is 1. The molecule has 7 nitrogen and oxygen atoms in total. The standard InChI is InChI=1S/C16H21N3O4/c1-10-5-6-13(23-4)12(7-10)11(2)17-14(20)8-19-15(21)9-18(3)16(19)22/h5-7,11H,8-9H2,1-4H3,(H,17,20)/t11-/m0/s1. The van der Waals surface area contributed by atoms with E-state index in [2.05, 4.69) is 5.32 Å². The van der Waals surface area contributed by atoms with E-state index in [9.17, 15) is 14.4 Å². The summed E-state index contributed by atoms with van der Waals surface area (Å²) in [5.74, 6) is -0.0806. The highest BCUT2D eigenvalue weighted by molar-refractivity contribution is 6.04. The number of carbonyl (C=O) groups is 3. The van der Waals surface area contributed by atoms with Crippen LogP contribution in [0.5, 0.6) is 5.75 Å². The summed E-state index contributed by atoms with van der Waals surface area (Å²) < 4.78 is 5.31. The number of hydrogen-bond acceptors (Lipinski definition) is 4. The molecule has 0 unspecified atom stereocenters. The Kier molecular flexibility index (Phi) is 4.88. The van der Waals surface area contributed by atoms with Gasteiger partial charge in [-0.25, -0.2) is 4.79 Å². The zero-order valence-corrected chi connectivity index (χ0v) is 13.8. The van der Waals surface area contributed by atoms with Gasteiger partial charge in [-0.1, -0.05) is 17.7 Å². The number of methoxy groups -OCH3 is 1. The number of urea groups is 1. The average Bonchev–Trinajstić information content (AvgIpc) is 2.73. The molecule has 7 heteroatoms. The lowest BCUT2D eigenvalue weighted by molar-refractivity contribution is -0.131. The van der Waals surface area contributed by atoms with Crippen LogP contribution >= 0.6 is 0 Å². The number of likely N-dealkylation sites (N-methyl/N-ethyl adjacent to an activating group) is 1. The zero-order chi connectivity index (χ0) is 17.1. The predicted octanol–water partition coefficient (Wildman–Crippen LogP) is 1.07. The first-order chi connectivity index (χ1) is 10.8. The SMILES string of the molecule is COc1ccc(C)cc1[C@H](C)NC(=O)CN1C(=O)CN(C)C1=O. The van der Waals surface area contributed by atoms with Crippen molar-refractivity contribution in [2.24, 2.45) is 0 Å². The average molecular weight is 319 g/mol. The number of hydrogen-bond donors (Lipinski definition) is 1. The summed E-state index contributed by atoms with van der Waals surface area (Å²) in [7, 11) is 3.10. The van der Waals surface area contributed by atoms with Crippen LogP contribution in [-0.4, -0.2) is 54.9 Å². The summed E-state index contributed by atoms with van der Waals surface area (Å²) in [6.45, 7) is 3.51. The molecule has 23 heavy (non-hydrogen) atoms. The van der Waals surface area contributed by atoms with Crippen LogP contribution in [0.2, 0.25) is 0 Å². The van der Waals surface area contributed by atoms with Crippen molar-refractivity contribution in [3.05, 3.63) is 29.3 Å². The van der Waals surface area contributed by atoms with Crippen LogP contribution in [0, 0.1) is 6.92 Å². The molecule has 1 fully saturated rings. The van der Waals surface area contributed by atoms with Gasteiger partial charge in [-0.3, -0.25) is 14.5 Å². The third-order valence-electron chi connectivity index (χ3n) is 3.76. The molecule has 1 atom stereocenters. The third kappa shape index (κ3) is 3.61. The molecular weight excluding hydrogens is 298 g/mol. The highest BCUT2D eigenvalue weighted by Crippen LogP contribution is 2.26. The Bertz CT molecular complexity index is 644. The molecule has 124 valence electrons. The molecule has 4 amide bonds. The second-order valence-corrected chi connectivity index (χ2v) is 5.65. The van der Waals surface area contributed by atoms with Crippen LogP contribution < -0.4 is 10.1 Å². The lowest BCUT2D eigenvalue weighted by Gasteiger charge is -2.20. The van der Waals surface area contributed by atoms with Crippen LogP contribution in [0.1, 0.15) is 24.1 Å². The summed E-state index contributed by atoms with van der Waals surface area (Å²) in [5, 5.41) is 2.80. The number of carbonyl (C=O) groups excluding carboxylic acids is 3. The van der Waals surface area contributed by atoms with Crippen LogP contribution in [0.3, 0.4) is 0 Å². The van der Waals surface area contributed by atoms with E-state index in [1.165, 1.54) is 11.9 Å². The monoisotopic (exact) mass is 319 g/mol. The van der Waals surface area contributed by atoms with E-state index in [-0.39, 0.29) is 25.0 Å². The first-order valence-electron chi connectivity index (χ1n) is 7.33. The van der Waals surface area contributed by atoms with Crippen molar-refractivity contribution in [2.45, 2.75) is 19.9 Å². The summed E-state index contributed by atoms with van der Waals surface area (Å²) >= 11 is 0. The van der Waals surface area contributed by atoms with Crippen molar-refractivity contribution in [2.75, 3.05) is 27.2 Å². The highest BCUT2D eigenvalue weighted by atomic mass is 16.5. The second-order valence-electron chi connectivity index (χ2n) is 5.65. The van der Waals surface area contributed by atoms with E-state index in [1.807, 2.05) is 32.0 Å². The van der Waals surface area contributed by atoms with E-state index >= 15 is 0 Å². The van der Waals surface area contributed by atoms with Crippen molar-refractivity contribution in [3.8, 4) is 5.75 Å². The Morgan fingerprint density at radius 2 is 2.09 bits per heavy atom. The van der Waals surface area contributed by atoms with Gasteiger partial charge in [0.15, 0.2) is 0 Å². The molecule has 2 rings (SSSR count). The molecule has 1 aromatic carbocycles. The van der Waals surface area contributed by atoms with E-state index in [0.29, 0.717) is 5.75 Å². The maximum atomic E-state index is 12.1. The molecule has 0 aromatic heterocycles. The smallest absolute Gasteiger partial charge is 0.327 e. The van der Waals surface area contributed by atoms with Crippen LogP contribution in [0.25, 0.3) is 0 Å². The summed E-state index contributed by atoms with van der Waals surface area (Å²) in [6.07, 6.45) is 0. The molecule has 0 bridgehead atoms. The van der Waals surface area contributed by atoms with E-state index in [4.69, 9.17) is 4.74 Å². The molecule has 1 aliphatic heterocycles. The molecule has 0 aliphatic carbocycles. The fourth-order valence-electron chi connectivity index (χ4n) is 2.53. The summed E-state index contributed by atoms with van der Waals surface area (Å²) in [5.41, 5.74) is 1.89. The summed E-state index contributed by atoms with van der Waals surface area (Å²) in [4.78, 5) is 37.9. The normalized spacial score (nSPS) is 15.8. The molecule has 1 N–H and O–H groups in total. The topological polar surface area (TPSA) is 79.0 Å². The number of imide groups is 1. The first kappa shape index (κ1) is 16.8. The third-order valence-corrected chi connectivity index (χ3v) is 3.76. The van der Waals surface area contributed by atoms with E-state index < -0.39 is 11.9 Å². The number of aryl methyl sites for hydroxylation is 1. The van der Waals surface area contributed by atoms with Crippen LogP contribution in [0.4, 0.5) is 4.79 Å². The van der Waals surface area contributed by atoms with Gasteiger partial charge in [0.05, 0.1) is 13.2 Å². The van der Waals surface area contributed by atoms with Crippen molar-refractivity contribution in [1.29, 1.82) is 0 Å². The van der Waals surface area contributed by atoms with Crippen LogP contribution in [-0.2, 0) is 9.59 Å². The minimum Gasteiger partial charge on any atom is -0.496 e. The molecule has 0 saturated carbocycles. The molecule has 1 heterocycles. The lowest BCUT2D eigenvalue weighted by Crippen LogP contribution is -2.41. The largest absolute Gasteiger partial charge is 0.496 e. The minimum absolute atomic E-state index is 0.00731. The Morgan fingerprint density at radius 3 is 2.65 bits per heavy atom. The van der Waals surface area contributed by atoms with Crippen molar-refractivity contribution < 1.29 is 19.1 Å². The van der Waals surface area contributed by atoms with Gasteiger partial charge in [0.1, 0.15) is 18.8 Å². The van der Waals surface area contributed by atoms with Crippen molar-refractivity contribution in [3.63, 3.8) is 0 Å². The number of amides is 4. The zero-order valence-electron chi connectivity index (χ0n) is 13.8. The van der Waals surface area contributed by atoms with Crippen LogP contribution in [0.15, 0.2) is 18.2 Å². The van der Waals surface area contributed by atoms with Gasteiger partial charge in [0.25, 0.3) is 5.91 Å². The van der Waals surface area contributed by atoms with Gasteiger partial charge in [-0.15, -0.1) is 0 Å². The molecule has 1 aromatic rings. The maximum absolute atomic E-state index is 12.1. The Morgan fingerprint density at radius 1 is 1.39 bits per heavy atom. The van der Waals surface area contributed by atoms with Gasteiger partial charge in [-0.05, 0) is 19.9 Å².